The van der Waals surface area contributed by atoms with Gasteiger partial charge in [-0.2, -0.15) is 0 Å². The zero-order valence-electron chi connectivity index (χ0n) is 19.2. The second kappa shape index (κ2) is 15.7. The van der Waals surface area contributed by atoms with E-state index < -0.39 is 0 Å². The van der Waals surface area contributed by atoms with Gasteiger partial charge in [0.05, 0.1) is 31.9 Å². The molecule has 0 radical (unpaired) electrons. The second-order valence-electron chi connectivity index (χ2n) is 8.44. The van der Waals surface area contributed by atoms with E-state index >= 15 is 0 Å². The van der Waals surface area contributed by atoms with Gasteiger partial charge in [-0.15, -0.1) is 0 Å². The molecule has 3 unspecified atom stereocenters. The Kier molecular flexibility index (Phi) is 14.2. The lowest BCUT2D eigenvalue weighted by Gasteiger charge is -2.16. The average molecular weight is 918 g/mol. The minimum absolute atomic E-state index is 0.194. The maximum Gasteiger partial charge on any atom is 0.310 e. The highest BCUT2D eigenvalue weighted by atomic mass is 127. The third kappa shape index (κ3) is 11.7. The van der Waals surface area contributed by atoms with Crippen molar-refractivity contribution >= 4 is 96.3 Å². The molecule has 0 aromatic heterocycles. The van der Waals surface area contributed by atoms with Crippen LogP contribution in [0.2, 0.25) is 0 Å². The monoisotopic (exact) mass is 918 g/mol. The molecule has 2 aromatic carbocycles. The van der Waals surface area contributed by atoms with E-state index in [1.54, 1.807) is 6.92 Å². The van der Waals surface area contributed by atoms with Crippen LogP contribution < -0.4 is 4.74 Å². The molecule has 0 saturated heterocycles. The van der Waals surface area contributed by atoms with Crippen LogP contribution in [0.4, 0.5) is 0 Å². The summed E-state index contributed by atoms with van der Waals surface area (Å²) in [6, 6.07) is 10.0. The third-order valence-corrected chi connectivity index (χ3v) is 7.95. The molecule has 0 amide bonds. The summed E-state index contributed by atoms with van der Waals surface area (Å²) in [4.78, 5) is 12.5. The van der Waals surface area contributed by atoms with E-state index in [1.165, 1.54) is 0 Å². The second-order valence-corrected chi connectivity index (χ2v) is 13.3. The lowest BCUT2D eigenvalue weighted by atomic mass is 10.0. The summed E-state index contributed by atoms with van der Waals surface area (Å²) >= 11 is 9.04. The van der Waals surface area contributed by atoms with Gasteiger partial charge < -0.3 is 19.7 Å². The Morgan fingerprint density at radius 1 is 0.853 bits per heavy atom. The fraction of sp³-hybridized carbons (Fsp3) is 0.480. The molecule has 0 heterocycles. The van der Waals surface area contributed by atoms with Gasteiger partial charge in [-0.1, -0.05) is 0 Å². The highest BCUT2D eigenvalue weighted by Gasteiger charge is 2.16. The zero-order chi connectivity index (χ0) is 25.3. The van der Waals surface area contributed by atoms with Crippen molar-refractivity contribution in [3.63, 3.8) is 0 Å². The number of esters is 1. The fourth-order valence-corrected chi connectivity index (χ4v) is 7.44. The van der Waals surface area contributed by atoms with Gasteiger partial charge in [-0.05, 0) is 179 Å². The van der Waals surface area contributed by atoms with Crippen molar-refractivity contribution in [3.05, 3.63) is 50.2 Å². The Bertz CT molecular complexity index is 908. The smallest absolute Gasteiger partial charge is 0.310 e. The van der Waals surface area contributed by atoms with E-state index in [-0.39, 0.29) is 30.7 Å². The van der Waals surface area contributed by atoms with E-state index in [0.717, 1.165) is 50.6 Å². The molecule has 0 saturated carbocycles. The van der Waals surface area contributed by atoms with E-state index in [9.17, 15) is 15.0 Å². The minimum Gasteiger partial charge on any atom is -0.462 e. The van der Waals surface area contributed by atoms with Crippen molar-refractivity contribution in [2.45, 2.75) is 77.1 Å². The van der Waals surface area contributed by atoms with Gasteiger partial charge in [0.1, 0.15) is 5.75 Å². The number of aliphatic hydroxyl groups is 2. The summed E-state index contributed by atoms with van der Waals surface area (Å²) in [5.74, 6) is 1.33. The highest BCUT2D eigenvalue weighted by Crippen LogP contribution is 2.34. The number of ether oxygens (including phenoxy) is 2. The van der Waals surface area contributed by atoms with E-state index in [2.05, 4.69) is 96.4 Å². The molecule has 34 heavy (non-hydrogen) atoms. The van der Waals surface area contributed by atoms with Crippen molar-refractivity contribution in [3.8, 4) is 11.5 Å². The normalized spacial score (nSPS) is 13.9. The first-order valence-electron chi connectivity index (χ1n) is 11.2. The average Bonchev–Trinajstić information content (AvgIpc) is 2.69. The van der Waals surface area contributed by atoms with Crippen LogP contribution in [0.25, 0.3) is 0 Å². The van der Waals surface area contributed by atoms with Gasteiger partial charge in [-0.3, -0.25) is 4.79 Å². The molecule has 0 aliphatic heterocycles. The molecule has 0 bridgehead atoms. The Morgan fingerprint density at radius 2 is 1.41 bits per heavy atom. The third-order valence-electron chi connectivity index (χ3n) is 5.10. The minimum atomic E-state index is -0.366. The van der Waals surface area contributed by atoms with Crippen LogP contribution in [-0.2, 0) is 16.0 Å². The predicted molar refractivity (Wildman–Crippen MR) is 168 cm³/mol. The van der Waals surface area contributed by atoms with Crippen LogP contribution in [0.1, 0.15) is 57.9 Å². The lowest BCUT2D eigenvalue weighted by Crippen LogP contribution is -2.17. The van der Waals surface area contributed by atoms with Crippen LogP contribution in [0, 0.1) is 14.3 Å². The molecule has 2 rings (SSSR count). The molecule has 0 fully saturated rings. The molecule has 2 N–H and O–H groups in total. The van der Waals surface area contributed by atoms with Gasteiger partial charge in [0.15, 0.2) is 5.75 Å². The number of hydrogen-bond donors (Lipinski definition) is 2. The van der Waals surface area contributed by atoms with Crippen LogP contribution >= 0.6 is 90.4 Å². The Balaban J connectivity index is 1.83. The summed E-state index contributed by atoms with van der Waals surface area (Å²) < 4.78 is 15.9. The topological polar surface area (TPSA) is 76.0 Å². The highest BCUT2D eigenvalue weighted by molar-refractivity contribution is 14.1. The molecule has 3 atom stereocenters. The largest absolute Gasteiger partial charge is 0.462 e. The molecule has 9 heteroatoms. The Hall–Kier alpha value is 0.550. The van der Waals surface area contributed by atoms with Gasteiger partial charge >= 0.3 is 5.97 Å². The standard InChI is InChI=1S/C25H30I4O5/c1-15(30)5-3-7-20(31)8-4-6-16(2)33-24(32)11-17-9-22(28)25(23(29)10-17)34-21-13-18(26)12-19(27)14-21/h9-10,12-16,20,30-31H,3-8,11H2,1-2H3. The van der Waals surface area contributed by atoms with Gasteiger partial charge in [0.25, 0.3) is 0 Å². The van der Waals surface area contributed by atoms with Gasteiger partial charge in [0, 0.05) is 7.14 Å². The molecule has 0 aliphatic carbocycles. The van der Waals surface area contributed by atoms with Crippen LogP contribution in [0.5, 0.6) is 11.5 Å². The number of halogens is 4. The quantitative estimate of drug-likeness (QED) is 0.162. The first-order chi connectivity index (χ1) is 16.0. The molecule has 0 spiro atoms. The van der Waals surface area contributed by atoms with Crippen molar-refractivity contribution in [1.82, 2.24) is 0 Å². The lowest BCUT2D eigenvalue weighted by molar-refractivity contribution is -0.147. The SMILES string of the molecule is CC(O)CCCC(O)CCCC(C)OC(=O)Cc1cc(I)c(Oc2cc(I)cc(I)c2)c(I)c1. The van der Waals surface area contributed by atoms with Gasteiger partial charge in [-0.25, -0.2) is 0 Å². The number of rotatable bonds is 13. The zero-order valence-corrected chi connectivity index (χ0v) is 27.8. The number of aliphatic hydroxyl groups excluding tert-OH is 2. The summed E-state index contributed by atoms with van der Waals surface area (Å²) in [6.07, 6.45) is 3.74. The van der Waals surface area contributed by atoms with Crippen molar-refractivity contribution < 1.29 is 24.5 Å². The summed E-state index contributed by atoms with van der Waals surface area (Å²) in [5.41, 5.74) is 0.893. The molecule has 2 aromatic rings. The van der Waals surface area contributed by atoms with Gasteiger partial charge in [0.2, 0.25) is 0 Å². The fourth-order valence-electron chi connectivity index (χ4n) is 3.44. The van der Waals surface area contributed by atoms with E-state index in [0.29, 0.717) is 19.3 Å². The first kappa shape index (κ1) is 30.8. The number of benzene rings is 2. The summed E-state index contributed by atoms with van der Waals surface area (Å²) in [5, 5.41) is 19.3. The number of carbonyl (C=O) groups is 1. The van der Waals surface area contributed by atoms with Crippen molar-refractivity contribution in [2.75, 3.05) is 0 Å². The van der Waals surface area contributed by atoms with Crippen molar-refractivity contribution in [2.24, 2.45) is 0 Å². The number of hydrogen-bond acceptors (Lipinski definition) is 5. The summed E-state index contributed by atoms with van der Waals surface area (Å²) in [6.45, 7) is 3.66. The maximum absolute atomic E-state index is 12.5. The molecule has 0 aliphatic rings. The van der Waals surface area contributed by atoms with E-state index in [1.807, 2.05) is 31.2 Å². The predicted octanol–water partition coefficient (Wildman–Crippen LogP) is 7.45. The first-order valence-corrected chi connectivity index (χ1v) is 15.5. The van der Waals surface area contributed by atoms with E-state index in [4.69, 9.17) is 9.47 Å². The van der Waals surface area contributed by atoms with Crippen LogP contribution in [-0.4, -0.2) is 34.5 Å². The van der Waals surface area contributed by atoms with Crippen LogP contribution in [0.15, 0.2) is 30.3 Å². The maximum atomic E-state index is 12.5. The number of carbonyl (C=O) groups excluding carboxylic acids is 1. The Labute approximate surface area is 256 Å². The molecular weight excluding hydrogens is 888 g/mol. The van der Waals surface area contributed by atoms with Crippen molar-refractivity contribution in [1.29, 1.82) is 0 Å². The van der Waals surface area contributed by atoms with Crippen LogP contribution in [0.3, 0.4) is 0 Å². The Morgan fingerprint density at radius 3 is 1.97 bits per heavy atom. The molecular formula is C25H30I4O5. The molecule has 188 valence electrons. The molecule has 5 nitrogen and oxygen atoms in total. The summed E-state index contributed by atoms with van der Waals surface area (Å²) in [7, 11) is 0.